The lowest BCUT2D eigenvalue weighted by molar-refractivity contribution is 0.687. The van der Waals surface area contributed by atoms with Crippen molar-refractivity contribution in [2.45, 2.75) is 24.8 Å². The van der Waals surface area contributed by atoms with Gasteiger partial charge in [0.1, 0.15) is 0 Å². The van der Waals surface area contributed by atoms with Crippen molar-refractivity contribution >= 4 is 16.5 Å². The maximum absolute atomic E-state index is 11.2. The molecule has 0 aliphatic heterocycles. The Balaban J connectivity index is 2.85. The Morgan fingerprint density at radius 2 is 2.08 bits per heavy atom. The molecule has 1 rings (SSSR count). The van der Waals surface area contributed by atoms with Crippen LogP contribution in [0.25, 0.3) is 0 Å². The minimum Gasteiger partial charge on any atom is -0.383 e. The van der Waals surface area contributed by atoms with Crippen LogP contribution in [0.4, 0.5) is 5.69 Å². The molecule has 0 bridgehead atoms. The second-order valence-corrected chi connectivity index (χ2v) is 4.66. The van der Waals surface area contributed by atoms with Gasteiger partial charge < -0.3 is 5.32 Å². The summed E-state index contributed by atoms with van der Waals surface area (Å²) in [6, 6.07) is 8.11. The molecule has 0 saturated carbocycles. The van der Waals surface area contributed by atoms with Gasteiger partial charge in [-0.1, -0.05) is 6.07 Å². The van der Waals surface area contributed by atoms with E-state index in [-0.39, 0.29) is 0 Å². The summed E-state index contributed by atoms with van der Waals surface area (Å²) >= 11 is 0. The predicted octanol–water partition coefficient (Wildman–Crippen LogP) is 2.24. The van der Waals surface area contributed by atoms with Gasteiger partial charge in [0.15, 0.2) is 0 Å². The van der Waals surface area contributed by atoms with Crippen molar-refractivity contribution < 1.29 is 4.21 Å². The fourth-order valence-corrected chi connectivity index (χ4v) is 1.66. The molecule has 0 saturated heterocycles. The van der Waals surface area contributed by atoms with Gasteiger partial charge in [-0.3, -0.25) is 4.21 Å². The van der Waals surface area contributed by atoms with E-state index in [1.807, 2.05) is 24.3 Å². The lowest BCUT2D eigenvalue weighted by Crippen LogP contribution is -2.09. The highest BCUT2D eigenvalue weighted by molar-refractivity contribution is 7.84. The summed E-state index contributed by atoms with van der Waals surface area (Å²) in [5, 5.41) is 3.27. The molecule has 3 heteroatoms. The van der Waals surface area contributed by atoms with Gasteiger partial charge in [0.05, 0.1) is 0 Å². The molecule has 2 nitrogen and oxygen atoms in total. The summed E-state index contributed by atoms with van der Waals surface area (Å²) in [5.74, 6) is 0. The normalized spacial score (nSPS) is 12.9. The van der Waals surface area contributed by atoms with Crippen molar-refractivity contribution in [3.8, 4) is 0 Å². The fraction of sp³-hybridized carbons (Fsp3) is 0.400. The quantitative estimate of drug-likeness (QED) is 0.805. The summed E-state index contributed by atoms with van der Waals surface area (Å²) in [5.41, 5.74) is 1.03. The number of benzene rings is 1. The van der Waals surface area contributed by atoms with Crippen LogP contribution < -0.4 is 5.32 Å². The van der Waals surface area contributed by atoms with Crippen LogP contribution in [-0.4, -0.2) is 16.5 Å². The fourth-order valence-electron chi connectivity index (χ4n) is 1.10. The van der Waals surface area contributed by atoms with Crippen molar-refractivity contribution in [1.82, 2.24) is 0 Å². The summed E-state index contributed by atoms with van der Waals surface area (Å²) in [6.07, 6.45) is 1.69. The van der Waals surface area contributed by atoms with Crippen LogP contribution in [0, 0.1) is 0 Å². The van der Waals surface area contributed by atoms with Crippen LogP contribution in [0.2, 0.25) is 0 Å². The van der Waals surface area contributed by atoms with Gasteiger partial charge in [0.2, 0.25) is 0 Å². The summed E-state index contributed by atoms with van der Waals surface area (Å²) in [4.78, 5) is 0.866. The smallest absolute Gasteiger partial charge is 0.0498 e. The van der Waals surface area contributed by atoms with Crippen molar-refractivity contribution in [1.29, 1.82) is 0 Å². The van der Waals surface area contributed by atoms with Gasteiger partial charge in [-0.25, -0.2) is 0 Å². The van der Waals surface area contributed by atoms with Gasteiger partial charge in [0.25, 0.3) is 0 Å². The molecular formula is C10H15NOS. The van der Waals surface area contributed by atoms with Crippen molar-refractivity contribution in [2.75, 3.05) is 11.6 Å². The first-order valence-electron chi connectivity index (χ1n) is 4.29. The van der Waals surface area contributed by atoms with E-state index in [4.69, 9.17) is 0 Å². The molecule has 0 amide bonds. The molecule has 1 N–H and O–H groups in total. The standard InChI is InChI=1S/C10H15NOS/c1-8(2)11-9-5-4-6-10(7-9)13(3)12/h4-8,11H,1-3H3. The summed E-state index contributed by atoms with van der Waals surface area (Å²) in [6.45, 7) is 4.16. The first-order chi connectivity index (χ1) is 6.09. The third-order valence-electron chi connectivity index (χ3n) is 1.62. The van der Waals surface area contributed by atoms with Crippen LogP contribution in [-0.2, 0) is 10.8 Å². The molecular weight excluding hydrogens is 182 g/mol. The zero-order chi connectivity index (χ0) is 9.84. The van der Waals surface area contributed by atoms with Gasteiger partial charge >= 0.3 is 0 Å². The number of nitrogens with one attached hydrogen (secondary N) is 1. The van der Waals surface area contributed by atoms with Gasteiger partial charge in [0, 0.05) is 33.7 Å². The largest absolute Gasteiger partial charge is 0.383 e. The molecule has 0 aromatic heterocycles. The zero-order valence-electron chi connectivity index (χ0n) is 8.20. The van der Waals surface area contributed by atoms with Crippen LogP contribution in [0.1, 0.15) is 13.8 Å². The molecule has 72 valence electrons. The van der Waals surface area contributed by atoms with Crippen LogP contribution in [0.5, 0.6) is 0 Å². The highest BCUT2D eigenvalue weighted by Crippen LogP contribution is 2.13. The van der Waals surface area contributed by atoms with Crippen molar-refractivity contribution in [3.63, 3.8) is 0 Å². The lowest BCUT2D eigenvalue weighted by atomic mass is 10.3. The van der Waals surface area contributed by atoms with Gasteiger partial charge in [-0.05, 0) is 32.0 Å². The van der Waals surface area contributed by atoms with E-state index in [1.165, 1.54) is 0 Å². The Morgan fingerprint density at radius 3 is 2.62 bits per heavy atom. The molecule has 0 aliphatic carbocycles. The van der Waals surface area contributed by atoms with E-state index in [0.717, 1.165) is 10.6 Å². The maximum Gasteiger partial charge on any atom is 0.0498 e. The minimum absolute atomic E-state index is 0.403. The number of rotatable bonds is 3. The molecule has 0 radical (unpaired) electrons. The second kappa shape index (κ2) is 4.42. The lowest BCUT2D eigenvalue weighted by Gasteiger charge is -2.10. The Kier molecular flexibility index (Phi) is 3.48. The summed E-state index contributed by atoms with van der Waals surface area (Å²) in [7, 11) is -0.894. The third kappa shape index (κ3) is 3.19. The zero-order valence-corrected chi connectivity index (χ0v) is 9.02. The number of hydrogen-bond acceptors (Lipinski definition) is 2. The Bertz CT molecular complexity index is 310. The van der Waals surface area contributed by atoms with E-state index in [0.29, 0.717) is 6.04 Å². The van der Waals surface area contributed by atoms with Crippen molar-refractivity contribution in [3.05, 3.63) is 24.3 Å². The molecule has 0 spiro atoms. The highest BCUT2D eigenvalue weighted by Gasteiger charge is 1.99. The first kappa shape index (κ1) is 10.3. The molecule has 1 atom stereocenters. The molecule has 1 unspecified atom stereocenters. The minimum atomic E-state index is -0.894. The maximum atomic E-state index is 11.2. The molecule has 1 aromatic rings. The first-order valence-corrected chi connectivity index (χ1v) is 5.85. The van der Waals surface area contributed by atoms with E-state index in [2.05, 4.69) is 19.2 Å². The molecule has 0 fully saturated rings. The Morgan fingerprint density at radius 1 is 1.38 bits per heavy atom. The highest BCUT2D eigenvalue weighted by atomic mass is 32.2. The SMILES string of the molecule is CC(C)Nc1cccc(S(C)=O)c1. The monoisotopic (exact) mass is 197 g/mol. The second-order valence-electron chi connectivity index (χ2n) is 3.28. The van der Waals surface area contributed by atoms with Crippen LogP contribution in [0.3, 0.4) is 0 Å². The van der Waals surface area contributed by atoms with Gasteiger partial charge in [-0.15, -0.1) is 0 Å². The number of hydrogen-bond donors (Lipinski definition) is 1. The Labute approximate surface area is 81.8 Å². The van der Waals surface area contributed by atoms with Crippen LogP contribution >= 0.6 is 0 Å². The topological polar surface area (TPSA) is 29.1 Å². The molecule has 1 aromatic carbocycles. The third-order valence-corrected chi connectivity index (χ3v) is 2.54. The summed E-state index contributed by atoms with van der Waals surface area (Å²) < 4.78 is 11.2. The average Bonchev–Trinajstić information content (AvgIpc) is 2.03. The molecule has 0 aliphatic rings. The van der Waals surface area contributed by atoms with E-state index in [1.54, 1.807) is 6.26 Å². The van der Waals surface area contributed by atoms with E-state index >= 15 is 0 Å². The Hall–Kier alpha value is -0.830. The van der Waals surface area contributed by atoms with E-state index in [9.17, 15) is 4.21 Å². The molecule has 13 heavy (non-hydrogen) atoms. The predicted molar refractivity (Wildman–Crippen MR) is 57.5 cm³/mol. The van der Waals surface area contributed by atoms with E-state index < -0.39 is 10.8 Å². The average molecular weight is 197 g/mol. The van der Waals surface area contributed by atoms with Gasteiger partial charge in [-0.2, -0.15) is 0 Å². The van der Waals surface area contributed by atoms with Crippen molar-refractivity contribution in [2.24, 2.45) is 0 Å². The molecule has 0 heterocycles. The van der Waals surface area contributed by atoms with Crippen LogP contribution in [0.15, 0.2) is 29.2 Å². The number of anilines is 1.